The van der Waals surface area contributed by atoms with E-state index < -0.39 is 15.9 Å². The molecule has 28 heavy (non-hydrogen) atoms. The number of sulfonamides is 1. The second kappa shape index (κ2) is 7.16. The Hall–Kier alpha value is -3.07. The third-order valence-electron chi connectivity index (χ3n) is 4.62. The Bertz CT molecular complexity index is 1100. The highest BCUT2D eigenvalue weighted by Gasteiger charge is 2.26. The molecule has 2 aromatic heterocycles. The molecule has 0 fully saturated rings. The highest BCUT2D eigenvalue weighted by Crippen LogP contribution is 2.32. The number of anilines is 2. The van der Waals surface area contributed by atoms with E-state index in [1.807, 2.05) is 0 Å². The molecule has 0 atom stereocenters. The molecule has 1 aliphatic heterocycles. The third-order valence-corrected chi connectivity index (χ3v) is 6.40. The summed E-state index contributed by atoms with van der Waals surface area (Å²) in [4.78, 5) is 12.5. The number of fused-ring (bicyclic) bond motifs is 1. The minimum absolute atomic E-state index is 0.0507. The highest BCUT2D eigenvalue weighted by atomic mass is 32.2. The Morgan fingerprint density at radius 1 is 1.25 bits per heavy atom. The van der Waals surface area contributed by atoms with E-state index in [4.69, 9.17) is 8.94 Å². The lowest BCUT2D eigenvalue weighted by Gasteiger charge is -2.30. The van der Waals surface area contributed by atoms with E-state index in [-0.39, 0.29) is 11.4 Å². The molecule has 0 spiro atoms. The van der Waals surface area contributed by atoms with Crippen molar-refractivity contribution >= 4 is 27.3 Å². The van der Waals surface area contributed by atoms with Crippen molar-refractivity contribution < 1.29 is 22.2 Å². The lowest BCUT2D eigenvalue weighted by atomic mass is 10.0. The zero-order chi connectivity index (χ0) is 19.7. The number of nitrogens with one attached hydrogen (secondary N) is 1. The maximum Gasteiger partial charge on any atom is 0.277 e. The van der Waals surface area contributed by atoms with Gasteiger partial charge in [-0.2, -0.15) is 0 Å². The number of hydrogen-bond acceptors (Lipinski definition) is 6. The molecular weight excluding hydrogens is 382 g/mol. The van der Waals surface area contributed by atoms with Crippen LogP contribution in [0.25, 0.3) is 11.5 Å². The van der Waals surface area contributed by atoms with Crippen LogP contribution in [0, 0.1) is 0 Å². The van der Waals surface area contributed by atoms with Crippen LogP contribution in [0.5, 0.6) is 0 Å². The van der Waals surface area contributed by atoms with Crippen molar-refractivity contribution in [2.24, 2.45) is 0 Å². The number of aromatic nitrogens is 1. The van der Waals surface area contributed by atoms with E-state index in [1.165, 1.54) is 16.6 Å². The Morgan fingerprint density at radius 2 is 2.11 bits per heavy atom. The number of benzene rings is 1. The van der Waals surface area contributed by atoms with Gasteiger partial charge in [-0.25, -0.2) is 8.42 Å². The normalized spacial score (nSPS) is 14.0. The first kappa shape index (κ1) is 18.3. The molecule has 1 aromatic carbocycles. The summed E-state index contributed by atoms with van der Waals surface area (Å²) in [5.41, 5.74) is 2.26. The van der Waals surface area contributed by atoms with Gasteiger partial charge >= 0.3 is 0 Å². The summed E-state index contributed by atoms with van der Waals surface area (Å²) in [5.74, 6) is 0.476. The topological polar surface area (TPSA) is 106 Å². The van der Waals surface area contributed by atoms with Crippen molar-refractivity contribution in [1.82, 2.24) is 5.16 Å². The van der Waals surface area contributed by atoms with Gasteiger partial charge in [-0.05, 0) is 55.7 Å². The Balaban J connectivity index is 1.54. The number of aryl methyl sites for hydroxylation is 1. The summed E-state index contributed by atoms with van der Waals surface area (Å²) >= 11 is 0. The summed E-state index contributed by atoms with van der Waals surface area (Å²) in [6.45, 7) is 2.11. The molecule has 8 nitrogen and oxygen atoms in total. The Kier molecular flexibility index (Phi) is 4.68. The van der Waals surface area contributed by atoms with Crippen LogP contribution in [0.1, 0.15) is 29.4 Å². The standard InChI is InChI=1S/C19H19N3O5S/c1-2-28(24,25)22-9-3-5-13-11-14(7-8-16(13)22)20-19(23)15-12-18(27-21-15)17-6-4-10-26-17/h4,6-8,10-12H,2-3,5,9H2,1H3,(H,20,23). The van der Waals surface area contributed by atoms with Crippen molar-refractivity contribution in [1.29, 1.82) is 0 Å². The van der Waals surface area contributed by atoms with Gasteiger partial charge in [0.2, 0.25) is 15.8 Å². The maximum atomic E-state index is 12.5. The predicted octanol–water partition coefficient (Wildman–Crippen LogP) is 3.29. The SMILES string of the molecule is CCS(=O)(=O)N1CCCc2cc(NC(=O)c3cc(-c4ccco4)on3)ccc21. The Morgan fingerprint density at radius 3 is 2.86 bits per heavy atom. The number of rotatable bonds is 5. The van der Waals surface area contributed by atoms with Gasteiger partial charge in [-0.15, -0.1) is 0 Å². The van der Waals surface area contributed by atoms with E-state index in [9.17, 15) is 13.2 Å². The lowest BCUT2D eigenvalue weighted by molar-refractivity contribution is 0.101. The molecule has 0 saturated heterocycles. The van der Waals surface area contributed by atoms with E-state index in [0.717, 1.165) is 18.4 Å². The van der Waals surface area contributed by atoms with Crippen LogP contribution >= 0.6 is 0 Å². The fraction of sp³-hybridized carbons (Fsp3) is 0.263. The fourth-order valence-corrected chi connectivity index (χ4v) is 4.39. The van der Waals surface area contributed by atoms with Crippen molar-refractivity contribution in [3.63, 3.8) is 0 Å². The van der Waals surface area contributed by atoms with Crippen LogP contribution in [0.3, 0.4) is 0 Å². The largest absolute Gasteiger partial charge is 0.461 e. The van der Waals surface area contributed by atoms with Gasteiger partial charge in [-0.1, -0.05) is 5.16 Å². The lowest BCUT2D eigenvalue weighted by Crippen LogP contribution is -2.36. The average Bonchev–Trinajstić information content (AvgIpc) is 3.38. The van der Waals surface area contributed by atoms with Crippen molar-refractivity contribution in [2.75, 3.05) is 21.9 Å². The van der Waals surface area contributed by atoms with Crippen LogP contribution in [0.15, 0.2) is 51.6 Å². The minimum atomic E-state index is -3.32. The van der Waals surface area contributed by atoms with Crippen LogP contribution in [-0.2, 0) is 16.4 Å². The van der Waals surface area contributed by atoms with Gasteiger partial charge < -0.3 is 14.3 Å². The molecule has 3 aromatic rings. The zero-order valence-corrected chi connectivity index (χ0v) is 16.0. The molecule has 0 saturated carbocycles. The minimum Gasteiger partial charge on any atom is -0.461 e. The van der Waals surface area contributed by atoms with E-state index in [2.05, 4.69) is 10.5 Å². The number of furan rings is 1. The van der Waals surface area contributed by atoms with E-state index >= 15 is 0 Å². The van der Waals surface area contributed by atoms with Crippen LogP contribution in [0.2, 0.25) is 0 Å². The summed E-state index contributed by atoms with van der Waals surface area (Å²) in [6.07, 6.45) is 2.99. The van der Waals surface area contributed by atoms with Gasteiger partial charge in [0.15, 0.2) is 11.5 Å². The van der Waals surface area contributed by atoms with Crippen LogP contribution < -0.4 is 9.62 Å². The molecule has 0 radical (unpaired) electrons. The van der Waals surface area contributed by atoms with Crippen LogP contribution in [-0.4, -0.2) is 31.8 Å². The number of nitrogens with zero attached hydrogens (tertiary/aromatic N) is 2. The summed E-state index contributed by atoms with van der Waals surface area (Å²) in [5, 5.41) is 6.55. The monoisotopic (exact) mass is 401 g/mol. The van der Waals surface area contributed by atoms with Crippen molar-refractivity contribution in [3.05, 3.63) is 53.9 Å². The molecule has 146 valence electrons. The number of amides is 1. The van der Waals surface area contributed by atoms with E-state index in [0.29, 0.717) is 29.4 Å². The van der Waals surface area contributed by atoms with Gasteiger partial charge in [0.1, 0.15) is 0 Å². The second-order valence-electron chi connectivity index (χ2n) is 6.43. The molecule has 1 N–H and O–H groups in total. The van der Waals surface area contributed by atoms with Gasteiger partial charge in [0, 0.05) is 18.3 Å². The fourth-order valence-electron chi connectivity index (χ4n) is 3.20. The zero-order valence-electron chi connectivity index (χ0n) is 15.2. The molecule has 1 amide bonds. The van der Waals surface area contributed by atoms with Crippen LogP contribution in [0.4, 0.5) is 11.4 Å². The molecule has 9 heteroatoms. The predicted molar refractivity (Wildman–Crippen MR) is 104 cm³/mol. The van der Waals surface area contributed by atoms with Gasteiger partial charge in [0.05, 0.1) is 17.7 Å². The first-order valence-corrected chi connectivity index (χ1v) is 10.5. The molecular formula is C19H19N3O5S. The molecule has 0 unspecified atom stereocenters. The number of hydrogen-bond donors (Lipinski definition) is 1. The summed E-state index contributed by atoms with van der Waals surface area (Å²) < 4.78 is 36.4. The van der Waals surface area contributed by atoms with Gasteiger partial charge in [0.25, 0.3) is 5.91 Å². The van der Waals surface area contributed by atoms with E-state index in [1.54, 1.807) is 37.3 Å². The number of carbonyl (C=O) groups is 1. The molecule has 0 aliphatic carbocycles. The Labute approximate surface area is 162 Å². The smallest absolute Gasteiger partial charge is 0.277 e. The summed E-state index contributed by atoms with van der Waals surface area (Å²) in [6, 6.07) is 10.1. The quantitative estimate of drug-likeness (QED) is 0.703. The second-order valence-corrected chi connectivity index (χ2v) is 8.61. The maximum absolute atomic E-state index is 12.5. The highest BCUT2D eigenvalue weighted by molar-refractivity contribution is 7.92. The molecule has 4 rings (SSSR count). The third kappa shape index (κ3) is 3.40. The molecule has 1 aliphatic rings. The first-order chi connectivity index (χ1) is 13.5. The van der Waals surface area contributed by atoms with Gasteiger partial charge in [-0.3, -0.25) is 9.10 Å². The van der Waals surface area contributed by atoms with Crippen molar-refractivity contribution in [3.8, 4) is 11.5 Å². The molecule has 0 bridgehead atoms. The van der Waals surface area contributed by atoms with Crippen molar-refractivity contribution in [2.45, 2.75) is 19.8 Å². The summed E-state index contributed by atoms with van der Waals surface area (Å²) in [7, 11) is -3.32. The molecule has 3 heterocycles. The average molecular weight is 401 g/mol. The first-order valence-electron chi connectivity index (χ1n) is 8.93. The number of carbonyl (C=O) groups excluding carboxylic acids is 1.